The number of nitrogens with zero attached hydrogens (tertiary/aromatic N) is 1. The zero-order valence-electron chi connectivity index (χ0n) is 11.7. The van der Waals surface area contributed by atoms with Gasteiger partial charge in [0, 0.05) is 25.7 Å². The van der Waals surface area contributed by atoms with Gasteiger partial charge in [0.05, 0.1) is 13.2 Å². The summed E-state index contributed by atoms with van der Waals surface area (Å²) in [6, 6.07) is 0.627. The summed E-state index contributed by atoms with van der Waals surface area (Å²) >= 11 is 0. The molecule has 0 amide bonds. The van der Waals surface area contributed by atoms with Crippen LogP contribution in [0.3, 0.4) is 0 Å². The minimum Gasteiger partial charge on any atom is -0.379 e. The van der Waals surface area contributed by atoms with E-state index < -0.39 is 0 Å². The lowest BCUT2D eigenvalue weighted by Crippen LogP contribution is -2.45. The van der Waals surface area contributed by atoms with Gasteiger partial charge in [-0.05, 0) is 50.5 Å². The van der Waals surface area contributed by atoms with Gasteiger partial charge in [-0.1, -0.05) is 6.42 Å². The van der Waals surface area contributed by atoms with Crippen LogP contribution in [0, 0.1) is 17.8 Å². The molecule has 3 fully saturated rings. The fourth-order valence-electron chi connectivity index (χ4n) is 4.21. The summed E-state index contributed by atoms with van der Waals surface area (Å²) in [5.41, 5.74) is 0. The summed E-state index contributed by atoms with van der Waals surface area (Å²) in [7, 11) is 0. The monoisotopic (exact) mass is 252 g/mol. The molecule has 3 nitrogen and oxygen atoms in total. The highest BCUT2D eigenvalue weighted by atomic mass is 16.5. The van der Waals surface area contributed by atoms with Crippen molar-refractivity contribution in [3.63, 3.8) is 0 Å². The van der Waals surface area contributed by atoms with Gasteiger partial charge in [-0.25, -0.2) is 0 Å². The molecule has 0 radical (unpaired) electrons. The highest BCUT2D eigenvalue weighted by Crippen LogP contribution is 2.47. The first kappa shape index (κ1) is 12.9. The van der Waals surface area contributed by atoms with Gasteiger partial charge < -0.3 is 10.1 Å². The van der Waals surface area contributed by atoms with Gasteiger partial charge >= 0.3 is 0 Å². The first-order valence-electron chi connectivity index (χ1n) is 7.84. The summed E-state index contributed by atoms with van der Waals surface area (Å²) in [5, 5.41) is 3.77. The Morgan fingerprint density at radius 3 is 2.72 bits per heavy atom. The van der Waals surface area contributed by atoms with Crippen LogP contribution >= 0.6 is 0 Å². The lowest BCUT2D eigenvalue weighted by Gasteiger charge is -2.30. The molecule has 104 valence electrons. The molecule has 1 saturated heterocycles. The average Bonchev–Trinajstić information content (AvgIpc) is 3.00. The SMILES string of the molecule is CC(CN1CCOCC1)NCC1CC2CCC1C2. The second-order valence-electron chi connectivity index (χ2n) is 6.66. The fraction of sp³-hybridized carbons (Fsp3) is 1.00. The topological polar surface area (TPSA) is 24.5 Å². The predicted molar refractivity (Wildman–Crippen MR) is 73.7 cm³/mol. The number of fused-ring (bicyclic) bond motifs is 2. The van der Waals surface area contributed by atoms with Crippen molar-refractivity contribution in [3.8, 4) is 0 Å². The summed E-state index contributed by atoms with van der Waals surface area (Å²) in [6.45, 7) is 8.83. The molecule has 0 aromatic carbocycles. The molecule has 2 bridgehead atoms. The van der Waals surface area contributed by atoms with Gasteiger partial charge in [0.15, 0.2) is 0 Å². The molecule has 0 aromatic rings. The molecule has 0 aromatic heterocycles. The number of morpholine rings is 1. The molecule has 4 atom stereocenters. The molecule has 3 rings (SSSR count). The molecular weight excluding hydrogens is 224 g/mol. The molecule has 1 heterocycles. The van der Waals surface area contributed by atoms with E-state index >= 15 is 0 Å². The zero-order chi connectivity index (χ0) is 12.4. The largest absolute Gasteiger partial charge is 0.379 e. The smallest absolute Gasteiger partial charge is 0.0594 e. The van der Waals surface area contributed by atoms with Crippen molar-refractivity contribution in [2.75, 3.05) is 39.4 Å². The summed E-state index contributed by atoms with van der Waals surface area (Å²) in [5.74, 6) is 3.12. The quantitative estimate of drug-likeness (QED) is 0.806. The minimum absolute atomic E-state index is 0.627. The van der Waals surface area contributed by atoms with E-state index in [9.17, 15) is 0 Å². The second-order valence-corrected chi connectivity index (χ2v) is 6.66. The van der Waals surface area contributed by atoms with Crippen LogP contribution in [-0.4, -0.2) is 50.3 Å². The molecule has 4 unspecified atom stereocenters. The summed E-state index contributed by atoms with van der Waals surface area (Å²) < 4.78 is 5.39. The first-order valence-corrected chi connectivity index (χ1v) is 7.84. The third-order valence-corrected chi connectivity index (χ3v) is 5.25. The van der Waals surface area contributed by atoms with Crippen LogP contribution in [0.5, 0.6) is 0 Å². The van der Waals surface area contributed by atoms with Crippen LogP contribution in [0.1, 0.15) is 32.6 Å². The Morgan fingerprint density at radius 1 is 1.22 bits per heavy atom. The Bertz CT molecular complexity index is 265. The summed E-state index contributed by atoms with van der Waals surface area (Å²) in [4.78, 5) is 2.53. The van der Waals surface area contributed by atoms with Crippen LogP contribution in [0.4, 0.5) is 0 Å². The van der Waals surface area contributed by atoms with Crippen molar-refractivity contribution in [2.45, 2.75) is 38.6 Å². The van der Waals surface area contributed by atoms with Crippen molar-refractivity contribution in [3.05, 3.63) is 0 Å². The maximum atomic E-state index is 5.39. The second kappa shape index (κ2) is 5.89. The molecule has 1 N–H and O–H groups in total. The van der Waals surface area contributed by atoms with E-state index in [1.165, 1.54) is 38.8 Å². The van der Waals surface area contributed by atoms with Gasteiger partial charge in [-0.15, -0.1) is 0 Å². The Kier molecular flexibility index (Phi) is 4.22. The highest BCUT2D eigenvalue weighted by molar-refractivity contribution is 4.91. The molecule has 3 heteroatoms. The van der Waals surface area contributed by atoms with Crippen LogP contribution < -0.4 is 5.32 Å². The molecule has 1 aliphatic heterocycles. The van der Waals surface area contributed by atoms with E-state index in [1.54, 1.807) is 0 Å². The maximum Gasteiger partial charge on any atom is 0.0594 e. The lowest BCUT2D eigenvalue weighted by molar-refractivity contribution is 0.0341. The Hall–Kier alpha value is -0.120. The number of ether oxygens (including phenoxy) is 1. The molecule has 2 aliphatic carbocycles. The molecule has 18 heavy (non-hydrogen) atoms. The van der Waals surface area contributed by atoms with Gasteiger partial charge in [0.25, 0.3) is 0 Å². The molecule has 3 aliphatic rings. The molecule has 0 spiro atoms. The highest BCUT2D eigenvalue weighted by Gasteiger charge is 2.39. The minimum atomic E-state index is 0.627. The van der Waals surface area contributed by atoms with Gasteiger partial charge in [-0.3, -0.25) is 4.90 Å². The van der Waals surface area contributed by atoms with E-state index in [2.05, 4.69) is 17.1 Å². The van der Waals surface area contributed by atoms with Crippen LogP contribution in [0.15, 0.2) is 0 Å². The predicted octanol–water partition coefficient (Wildman–Crippen LogP) is 1.73. The number of hydrogen-bond donors (Lipinski definition) is 1. The first-order chi connectivity index (χ1) is 8.81. The van der Waals surface area contributed by atoms with E-state index in [-0.39, 0.29) is 0 Å². The third-order valence-electron chi connectivity index (χ3n) is 5.25. The Labute approximate surface area is 111 Å². The van der Waals surface area contributed by atoms with Crippen molar-refractivity contribution in [1.82, 2.24) is 10.2 Å². The molecule has 2 saturated carbocycles. The van der Waals surface area contributed by atoms with E-state index in [4.69, 9.17) is 4.74 Å². The normalized spacial score (nSPS) is 38.2. The number of rotatable bonds is 5. The van der Waals surface area contributed by atoms with Crippen molar-refractivity contribution < 1.29 is 4.74 Å². The third kappa shape index (κ3) is 3.06. The van der Waals surface area contributed by atoms with E-state index in [1.807, 2.05) is 0 Å². The number of nitrogens with one attached hydrogen (secondary N) is 1. The van der Waals surface area contributed by atoms with Crippen molar-refractivity contribution in [1.29, 1.82) is 0 Å². The standard InChI is InChI=1S/C15H28N2O/c1-12(11-17-4-6-18-7-5-17)16-10-15-9-13-2-3-14(15)8-13/h12-16H,2-11H2,1H3. The van der Waals surface area contributed by atoms with Gasteiger partial charge in [-0.2, -0.15) is 0 Å². The van der Waals surface area contributed by atoms with Gasteiger partial charge in [0.1, 0.15) is 0 Å². The van der Waals surface area contributed by atoms with Crippen LogP contribution in [0.25, 0.3) is 0 Å². The molecular formula is C15H28N2O. The zero-order valence-corrected chi connectivity index (χ0v) is 11.7. The van der Waals surface area contributed by atoms with Crippen molar-refractivity contribution >= 4 is 0 Å². The maximum absolute atomic E-state index is 5.39. The number of hydrogen-bond acceptors (Lipinski definition) is 3. The summed E-state index contributed by atoms with van der Waals surface area (Å²) in [6.07, 6.45) is 6.06. The van der Waals surface area contributed by atoms with E-state index in [0.29, 0.717) is 6.04 Å². The van der Waals surface area contributed by atoms with Crippen LogP contribution in [-0.2, 0) is 4.74 Å². The Balaban J connectivity index is 1.35. The fourth-order valence-corrected chi connectivity index (χ4v) is 4.21. The lowest BCUT2D eigenvalue weighted by atomic mass is 9.89. The average molecular weight is 252 g/mol. The Morgan fingerprint density at radius 2 is 2.06 bits per heavy atom. The van der Waals surface area contributed by atoms with Crippen molar-refractivity contribution in [2.24, 2.45) is 17.8 Å². The van der Waals surface area contributed by atoms with E-state index in [0.717, 1.165) is 44.1 Å². The van der Waals surface area contributed by atoms with Gasteiger partial charge in [0.2, 0.25) is 0 Å². The van der Waals surface area contributed by atoms with Crippen LogP contribution in [0.2, 0.25) is 0 Å².